The molecule has 0 saturated carbocycles. The molecule has 0 aliphatic rings. The predicted molar refractivity (Wildman–Crippen MR) is 103 cm³/mol. The van der Waals surface area contributed by atoms with Gasteiger partial charge in [0.15, 0.2) is 5.65 Å². The lowest BCUT2D eigenvalue weighted by molar-refractivity contribution is 0.561. The fourth-order valence-electron chi connectivity index (χ4n) is 2.93. The van der Waals surface area contributed by atoms with Gasteiger partial charge in [-0.3, -0.25) is 0 Å². The largest absolute Gasteiger partial charge is 0.350 e. The summed E-state index contributed by atoms with van der Waals surface area (Å²) < 4.78 is 29.9. The minimum atomic E-state index is -0.588. The van der Waals surface area contributed by atoms with Crippen LogP contribution in [0.25, 0.3) is 5.65 Å². The average Bonchev–Trinajstić information content (AvgIpc) is 3.02. The van der Waals surface area contributed by atoms with E-state index in [-0.39, 0.29) is 12.1 Å². The molecule has 0 amide bonds. The molecule has 0 bridgehead atoms. The maximum Gasteiger partial charge on any atom is 0.350 e. The van der Waals surface area contributed by atoms with Crippen LogP contribution in [0.1, 0.15) is 18.1 Å². The molecule has 0 aliphatic carbocycles. The SMILES string of the molecule is CCc1ccccc1Sc1nccn2c(=O)n(Cc3cc(F)ccc3F)nc12. The molecule has 4 rings (SSSR count). The lowest BCUT2D eigenvalue weighted by atomic mass is 10.2. The molecule has 0 N–H and O–H groups in total. The van der Waals surface area contributed by atoms with E-state index in [0.29, 0.717) is 10.7 Å². The van der Waals surface area contributed by atoms with Crippen LogP contribution in [0, 0.1) is 11.6 Å². The van der Waals surface area contributed by atoms with E-state index in [9.17, 15) is 13.6 Å². The monoisotopic (exact) mass is 398 g/mol. The highest BCUT2D eigenvalue weighted by Crippen LogP contribution is 2.31. The summed E-state index contributed by atoms with van der Waals surface area (Å²) >= 11 is 1.42. The van der Waals surface area contributed by atoms with E-state index in [1.54, 1.807) is 0 Å². The molecule has 0 spiro atoms. The molecule has 8 heteroatoms. The van der Waals surface area contributed by atoms with Gasteiger partial charge in [0, 0.05) is 22.9 Å². The van der Waals surface area contributed by atoms with Gasteiger partial charge < -0.3 is 0 Å². The van der Waals surface area contributed by atoms with Crippen LogP contribution in [0.4, 0.5) is 8.78 Å². The van der Waals surface area contributed by atoms with Crippen molar-refractivity contribution in [1.29, 1.82) is 0 Å². The van der Waals surface area contributed by atoms with Crippen molar-refractivity contribution in [2.45, 2.75) is 29.8 Å². The minimum Gasteiger partial charge on any atom is -0.246 e. The first kappa shape index (κ1) is 18.4. The first-order valence-electron chi connectivity index (χ1n) is 8.70. The normalized spacial score (nSPS) is 11.2. The molecule has 2 aromatic carbocycles. The molecule has 4 aromatic rings. The fraction of sp³-hybridized carbons (Fsp3) is 0.150. The van der Waals surface area contributed by atoms with Gasteiger partial charge in [-0.25, -0.2) is 27.6 Å². The third kappa shape index (κ3) is 3.43. The number of fused-ring (bicyclic) bond motifs is 1. The highest BCUT2D eigenvalue weighted by Gasteiger charge is 2.15. The Bertz CT molecular complexity index is 1220. The van der Waals surface area contributed by atoms with Crippen molar-refractivity contribution in [2.75, 3.05) is 0 Å². The number of rotatable bonds is 5. The highest BCUT2D eigenvalue weighted by molar-refractivity contribution is 7.99. The van der Waals surface area contributed by atoms with Crippen LogP contribution in [0.5, 0.6) is 0 Å². The fourth-order valence-corrected chi connectivity index (χ4v) is 3.97. The number of nitrogens with zero attached hydrogens (tertiary/aromatic N) is 4. The van der Waals surface area contributed by atoms with Crippen molar-refractivity contribution in [1.82, 2.24) is 19.2 Å². The third-order valence-electron chi connectivity index (χ3n) is 4.36. The average molecular weight is 398 g/mol. The number of aryl methyl sites for hydroxylation is 1. The van der Waals surface area contributed by atoms with Gasteiger partial charge >= 0.3 is 5.69 Å². The van der Waals surface area contributed by atoms with Crippen LogP contribution < -0.4 is 5.69 Å². The highest BCUT2D eigenvalue weighted by atomic mass is 32.2. The lowest BCUT2D eigenvalue weighted by Crippen LogP contribution is -2.22. The van der Waals surface area contributed by atoms with Crippen molar-refractivity contribution in [3.8, 4) is 0 Å². The van der Waals surface area contributed by atoms with Crippen LogP contribution in [0.3, 0.4) is 0 Å². The van der Waals surface area contributed by atoms with Gasteiger partial charge in [-0.05, 0) is 36.2 Å². The number of benzene rings is 2. The van der Waals surface area contributed by atoms with Crippen LogP contribution >= 0.6 is 11.8 Å². The summed E-state index contributed by atoms with van der Waals surface area (Å²) in [5, 5.41) is 4.89. The number of hydrogen-bond acceptors (Lipinski definition) is 4. The van der Waals surface area contributed by atoms with E-state index in [4.69, 9.17) is 0 Å². The van der Waals surface area contributed by atoms with Crippen LogP contribution in [0.15, 0.2) is 69.6 Å². The van der Waals surface area contributed by atoms with Crippen molar-refractivity contribution in [3.05, 3.63) is 88.1 Å². The summed E-state index contributed by atoms with van der Waals surface area (Å²) in [5.41, 5.74) is 1.16. The van der Waals surface area contributed by atoms with Crippen molar-refractivity contribution in [3.63, 3.8) is 0 Å². The zero-order chi connectivity index (χ0) is 19.7. The van der Waals surface area contributed by atoms with Crippen LogP contribution in [0.2, 0.25) is 0 Å². The molecule has 2 aromatic heterocycles. The Kier molecular flexibility index (Phi) is 4.95. The third-order valence-corrected chi connectivity index (χ3v) is 5.46. The topological polar surface area (TPSA) is 52.2 Å². The molecule has 0 saturated heterocycles. The first-order valence-corrected chi connectivity index (χ1v) is 9.52. The van der Waals surface area contributed by atoms with E-state index < -0.39 is 17.3 Å². The Labute approximate surface area is 163 Å². The molecule has 0 fully saturated rings. The summed E-state index contributed by atoms with van der Waals surface area (Å²) in [6, 6.07) is 11.1. The first-order chi connectivity index (χ1) is 13.6. The molecule has 0 atom stereocenters. The summed E-state index contributed by atoms with van der Waals surface area (Å²) in [5.74, 6) is -1.16. The summed E-state index contributed by atoms with van der Waals surface area (Å²) in [6.45, 7) is 1.90. The maximum absolute atomic E-state index is 14.0. The zero-order valence-corrected chi connectivity index (χ0v) is 15.8. The van der Waals surface area contributed by atoms with Gasteiger partial charge in [0.25, 0.3) is 0 Å². The van der Waals surface area contributed by atoms with Gasteiger partial charge in [0.1, 0.15) is 16.7 Å². The van der Waals surface area contributed by atoms with E-state index in [1.165, 1.54) is 34.1 Å². The van der Waals surface area contributed by atoms with Gasteiger partial charge in [-0.15, -0.1) is 5.10 Å². The van der Waals surface area contributed by atoms with E-state index in [1.807, 2.05) is 24.3 Å². The Hall–Kier alpha value is -3.00. The van der Waals surface area contributed by atoms with Crippen LogP contribution in [-0.2, 0) is 13.0 Å². The molecule has 142 valence electrons. The molecule has 28 heavy (non-hydrogen) atoms. The second-order valence-electron chi connectivity index (χ2n) is 6.17. The molecular formula is C20H16F2N4OS. The number of hydrogen-bond donors (Lipinski definition) is 0. The molecule has 0 radical (unpaired) electrons. The van der Waals surface area contributed by atoms with Gasteiger partial charge in [-0.1, -0.05) is 36.9 Å². The maximum atomic E-state index is 14.0. The van der Waals surface area contributed by atoms with Crippen molar-refractivity contribution >= 4 is 17.4 Å². The Morgan fingerprint density at radius 1 is 1.11 bits per heavy atom. The van der Waals surface area contributed by atoms with E-state index >= 15 is 0 Å². The molecule has 2 heterocycles. The van der Waals surface area contributed by atoms with Gasteiger partial charge in [-0.2, -0.15) is 0 Å². The molecule has 0 aliphatic heterocycles. The standard InChI is InChI=1S/C20H16F2N4OS/c1-2-13-5-3-4-6-17(13)28-19-18-24-26(20(27)25(18)10-9-23-19)12-14-11-15(21)7-8-16(14)22/h3-11H,2,12H2,1H3. The Morgan fingerprint density at radius 2 is 1.93 bits per heavy atom. The smallest absolute Gasteiger partial charge is 0.246 e. The predicted octanol–water partition coefficient (Wildman–Crippen LogP) is 3.93. The number of halogens is 2. The summed E-state index contributed by atoms with van der Waals surface area (Å²) in [4.78, 5) is 18.1. The van der Waals surface area contributed by atoms with Gasteiger partial charge in [0.2, 0.25) is 0 Å². The molecule has 5 nitrogen and oxygen atoms in total. The Morgan fingerprint density at radius 3 is 2.75 bits per heavy atom. The summed E-state index contributed by atoms with van der Waals surface area (Å²) in [6.07, 6.45) is 3.91. The quantitative estimate of drug-likeness (QED) is 0.511. The second-order valence-corrected chi connectivity index (χ2v) is 7.20. The lowest BCUT2D eigenvalue weighted by Gasteiger charge is -2.06. The van der Waals surface area contributed by atoms with Crippen LogP contribution in [-0.4, -0.2) is 19.2 Å². The van der Waals surface area contributed by atoms with Crippen molar-refractivity contribution < 1.29 is 8.78 Å². The van der Waals surface area contributed by atoms with E-state index in [0.717, 1.165) is 34.2 Å². The zero-order valence-electron chi connectivity index (χ0n) is 15.0. The molecular weight excluding hydrogens is 382 g/mol. The Balaban J connectivity index is 1.76. The second kappa shape index (κ2) is 7.55. The number of aromatic nitrogens is 4. The van der Waals surface area contributed by atoms with E-state index in [2.05, 4.69) is 17.0 Å². The molecule has 0 unspecified atom stereocenters. The summed E-state index contributed by atoms with van der Waals surface area (Å²) in [7, 11) is 0. The van der Waals surface area contributed by atoms with Gasteiger partial charge in [0.05, 0.1) is 6.54 Å². The minimum absolute atomic E-state index is 0.0593. The van der Waals surface area contributed by atoms with Crippen molar-refractivity contribution in [2.24, 2.45) is 0 Å².